The fourth-order valence-electron chi connectivity index (χ4n) is 1.78. The summed E-state index contributed by atoms with van der Waals surface area (Å²) in [6.45, 7) is 0.501. The summed E-state index contributed by atoms with van der Waals surface area (Å²) in [5, 5.41) is 20.7. The van der Waals surface area contributed by atoms with Gasteiger partial charge in [-0.15, -0.1) is 11.3 Å². The van der Waals surface area contributed by atoms with Gasteiger partial charge in [-0.1, -0.05) is 6.07 Å². The van der Waals surface area contributed by atoms with Crippen molar-refractivity contribution in [3.63, 3.8) is 0 Å². The van der Waals surface area contributed by atoms with Crippen LogP contribution in [0, 0.1) is 10.1 Å². The maximum atomic E-state index is 11.5. The highest BCUT2D eigenvalue weighted by molar-refractivity contribution is 7.89. The van der Waals surface area contributed by atoms with Crippen LogP contribution in [0.2, 0.25) is 0 Å². The molecule has 0 amide bonds. The van der Waals surface area contributed by atoms with E-state index < -0.39 is 14.9 Å². The zero-order chi connectivity index (χ0) is 15.5. The first-order chi connectivity index (χ1) is 9.88. The highest BCUT2D eigenvalue weighted by Crippen LogP contribution is 2.25. The number of primary sulfonamides is 1. The number of nitrogens with zero attached hydrogens (tertiary/aromatic N) is 1. The highest BCUT2D eigenvalue weighted by Gasteiger charge is 2.18. The lowest BCUT2D eigenvalue weighted by atomic mass is 10.2. The molecule has 0 bridgehead atoms. The molecule has 7 nitrogen and oxygen atoms in total. The van der Waals surface area contributed by atoms with E-state index in [0.29, 0.717) is 6.54 Å². The molecule has 112 valence electrons. The summed E-state index contributed by atoms with van der Waals surface area (Å²) in [4.78, 5) is 10.9. The highest BCUT2D eigenvalue weighted by atomic mass is 32.2. The molecule has 0 saturated carbocycles. The normalized spacial score (nSPS) is 11.3. The van der Waals surface area contributed by atoms with Crippen LogP contribution in [0.4, 0.5) is 11.4 Å². The Balaban J connectivity index is 2.20. The van der Waals surface area contributed by atoms with E-state index in [0.717, 1.165) is 17.4 Å². The number of thiophene rings is 1. The minimum absolute atomic E-state index is 0.264. The molecule has 1 aromatic heterocycles. The molecule has 0 aliphatic carbocycles. The van der Waals surface area contributed by atoms with Crippen LogP contribution in [-0.2, 0) is 16.4 Å². The van der Waals surface area contributed by atoms with Crippen molar-refractivity contribution < 1.29 is 13.3 Å². The van der Waals surface area contributed by atoms with E-state index in [9.17, 15) is 18.5 Å². The summed E-state index contributed by atoms with van der Waals surface area (Å²) >= 11 is 1.60. The molecule has 0 fully saturated rings. The number of hydrogen-bond donors (Lipinski definition) is 2. The number of nitrogens with one attached hydrogen (secondary N) is 1. The van der Waals surface area contributed by atoms with Gasteiger partial charge in [0.15, 0.2) is 0 Å². The molecular weight excluding hydrogens is 314 g/mol. The largest absolute Gasteiger partial charge is 0.384 e. The molecule has 1 aromatic carbocycles. The van der Waals surface area contributed by atoms with Crippen molar-refractivity contribution in [3.8, 4) is 0 Å². The molecule has 1 heterocycles. The van der Waals surface area contributed by atoms with Crippen LogP contribution < -0.4 is 10.5 Å². The summed E-state index contributed by atoms with van der Waals surface area (Å²) in [5.74, 6) is 0. The second kappa shape index (κ2) is 6.20. The van der Waals surface area contributed by atoms with Gasteiger partial charge >= 0.3 is 0 Å². The van der Waals surface area contributed by atoms with Crippen molar-refractivity contribution in [2.75, 3.05) is 11.9 Å². The standard InChI is InChI=1S/C12H13N3O4S2/c13-21(18,19)12-8-9(15(16)17)3-4-11(12)14-6-5-10-2-1-7-20-10/h1-4,7-8,14H,5-6H2,(H2,13,18,19). The molecule has 0 spiro atoms. The lowest BCUT2D eigenvalue weighted by Crippen LogP contribution is -2.16. The Morgan fingerprint density at radius 2 is 2.10 bits per heavy atom. The topological polar surface area (TPSA) is 115 Å². The number of non-ortho nitro benzene ring substituents is 1. The van der Waals surface area contributed by atoms with E-state index in [1.807, 2.05) is 17.5 Å². The van der Waals surface area contributed by atoms with Crippen LogP contribution in [0.25, 0.3) is 0 Å². The minimum atomic E-state index is -4.04. The van der Waals surface area contributed by atoms with E-state index in [1.54, 1.807) is 11.3 Å². The van der Waals surface area contributed by atoms with Crippen molar-refractivity contribution in [3.05, 3.63) is 50.7 Å². The van der Waals surface area contributed by atoms with E-state index in [-0.39, 0.29) is 16.3 Å². The molecular formula is C12H13N3O4S2. The number of rotatable bonds is 6. The van der Waals surface area contributed by atoms with E-state index in [2.05, 4.69) is 5.32 Å². The Morgan fingerprint density at radius 3 is 2.67 bits per heavy atom. The van der Waals surface area contributed by atoms with Gasteiger partial charge in [-0.05, 0) is 23.9 Å². The molecule has 0 atom stereocenters. The molecule has 0 aliphatic rings. The Labute approximate surface area is 125 Å². The summed E-state index contributed by atoms with van der Waals surface area (Å²) in [7, 11) is -4.04. The third-order valence-electron chi connectivity index (χ3n) is 2.75. The molecule has 0 aliphatic heterocycles. The summed E-state index contributed by atoms with van der Waals surface area (Å²) in [6, 6.07) is 7.46. The van der Waals surface area contributed by atoms with Crippen LogP contribution in [0.3, 0.4) is 0 Å². The first-order valence-corrected chi connectivity index (χ1v) is 8.38. The third kappa shape index (κ3) is 4.00. The van der Waals surface area contributed by atoms with Crippen LogP contribution in [0.15, 0.2) is 40.6 Å². The minimum Gasteiger partial charge on any atom is -0.384 e. The first kappa shape index (κ1) is 15.4. The maximum Gasteiger partial charge on any atom is 0.270 e. The van der Waals surface area contributed by atoms with Crippen molar-refractivity contribution in [2.24, 2.45) is 5.14 Å². The average Bonchev–Trinajstić information content (AvgIpc) is 2.90. The van der Waals surface area contributed by atoms with Gasteiger partial charge in [0.2, 0.25) is 10.0 Å². The van der Waals surface area contributed by atoms with Crippen molar-refractivity contribution >= 4 is 32.7 Å². The van der Waals surface area contributed by atoms with E-state index in [4.69, 9.17) is 5.14 Å². The zero-order valence-corrected chi connectivity index (χ0v) is 12.5. The predicted octanol–water partition coefficient (Wildman–Crippen LogP) is 1.96. The smallest absolute Gasteiger partial charge is 0.270 e. The van der Waals surface area contributed by atoms with Gasteiger partial charge in [-0.2, -0.15) is 0 Å². The van der Waals surface area contributed by atoms with Gasteiger partial charge < -0.3 is 5.32 Å². The monoisotopic (exact) mass is 327 g/mol. The van der Waals surface area contributed by atoms with Crippen LogP contribution >= 0.6 is 11.3 Å². The molecule has 0 radical (unpaired) electrons. The van der Waals surface area contributed by atoms with Gasteiger partial charge in [-0.25, -0.2) is 13.6 Å². The number of anilines is 1. The number of sulfonamides is 1. The van der Waals surface area contributed by atoms with Crippen molar-refractivity contribution in [1.29, 1.82) is 0 Å². The number of benzene rings is 1. The van der Waals surface area contributed by atoms with Gasteiger partial charge in [-0.3, -0.25) is 10.1 Å². The number of nitro groups is 1. The Bertz CT molecular complexity index is 742. The fourth-order valence-corrected chi connectivity index (χ4v) is 3.22. The van der Waals surface area contributed by atoms with Crippen LogP contribution in [-0.4, -0.2) is 19.9 Å². The van der Waals surface area contributed by atoms with Crippen LogP contribution in [0.5, 0.6) is 0 Å². The molecule has 2 aromatic rings. The van der Waals surface area contributed by atoms with Gasteiger partial charge in [0.25, 0.3) is 5.69 Å². The second-order valence-electron chi connectivity index (χ2n) is 4.24. The summed E-state index contributed by atoms with van der Waals surface area (Å²) < 4.78 is 23.1. The lowest BCUT2D eigenvalue weighted by molar-refractivity contribution is -0.385. The average molecular weight is 327 g/mol. The number of hydrogen-bond acceptors (Lipinski definition) is 6. The molecule has 9 heteroatoms. The van der Waals surface area contributed by atoms with Crippen LogP contribution in [0.1, 0.15) is 4.88 Å². The van der Waals surface area contributed by atoms with E-state index >= 15 is 0 Å². The predicted molar refractivity (Wildman–Crippen MR) is 81.0 cm³/mol. The van der Waals surface area contributed by atoms with Crippen molar-refractivity contribution in [1.82, 2.24) is 0 Å². The number of nitro benzene ring substituents is 1. The molecule has 3 N–H and O–H groups in total. The third-order valence-corrected chi connectivity index (χ3v) is 4.64. The quantitative estimate of drug-likeness (QED) is 0.621. The molecule has 2 rings (SSSR count). The summed E-state index contributed by atoms with van der Waals surface area (Å²) in [5.41, 5.74) is -0.0533. The van der Waals surface area contributed by atoms with Gasteiger partial charge in [0, 0.05) is 23.6 Å². The Hall–Kier alpha value is -1.97. The van der Waals surface area contributed by atoms with E-state index in [1.165, 1.54) is 12.1 Å². The van der Waals surface area contributed by atoms with Gasteiger partial charge in [0.1, 0.15) is 4.90 Å². The molecule has 0 saturated heterocycles. The number of nitrogens with two attached hydrogens (primary N) is 1. The second-order valence-corrected chi connectivity index (χ2v) is 6.80. The zero-order valence-electron chi connectivity index (χ0n) is 10.9. The Morgan fingerprint density at radius 1 is 1.33 bits per heavy atom. The Kier molecular flexibility index (Phi) is 4.56. The molecule has 21 heavy (non-hydrogen) atoms. The molecule has 0 unspecified atom stereocenters. The summed E-state index contributed by atoms with van der Waals surface area (Å²) in [6.07, 6.45) is 0.721. The first-order valence-electron chi connectivity index (χ1n) is 5.95. The fraction of sp³-hybridized carbons (Fsp3) is 0.167. The maximum absolute atomic E-state index is 11.5. The van der Waals surface area contributed by atoms with Gasteiger partial charge in [0.05, 0.1) is 10.6 Å². The lowest BCUT2D eigenvalue weighted by Gasteiger charge is -2.10. The van der Waals surface area contributed by atoms with Crippen molar-refractivity contribution in [2.45, 2.75) is 11.3 Å². The SMILES string of the molecule is NS(=O)(=O)c1cc([N+](=O)[O-])ccc1NCCc1cccs1.